The van der Waals surface area contributed by atoms with Crippen molar-refractivity contribution in [3.8, 4) is 11.8 Å². The summed E-state index contributed by atoms with van der Waals surface area (Å²) in [5, 5.41) is 18.9. The van der Waals surface area contributed by atoms with Crippen LogP contribution >= 0.6 is 0 Å². The molecule has 8 nitrogen and oxygen atoms in total. The number of aryl methyl sites for hydroxylation is 1. The van der Waals surface area contributed by atoms with Crippen LogP contribution in [0, 0.1) is 11.3 Å². The monoisotopic (exact) mass is 452 g/mol. The van der Waals surface area contributed by atoms with Crippen molar-refractivity contribution in [2.75, 3.05) is 0 Å². The van der Waals surface area contributed by atoms with E-state index in [1.807, 2.05) is 4.57 Å². The Bertz CT molecular complexity index is 1510. The summed E-state index contributed by atoms with van der Waals surface area (Å²) < 4.78 is 12.6. The average Bonchev–Trinajstić information content (AvgIpc) is 3.10. The van der Waals surface area contributed by atoms with Crippen molar-refractivity contribution in [3.05, 3.63) is 87.8 Å². The van der Waals surface area contributed by atoms with Crippen LogP contribution in [0.1, 0.15) is 46.8 Å². The van der Waals surface area contributed by atoms with Crippen LogP contribution in [0.15, 0.2) is 63.8 Å². The maximum Gasteiger partial charge on any atom is 0.351 e. The summed E-state index contributed by atoms with van der Waals surface area (Å²) >= 11 is 0. The number of carbonyl (C=O) groups excluding carboxylic acids is 1. The third-order valence-electron chi connectivity index (χ3n) is 5.73. The fraction of sp³-hybridized carbons (Fsp3) is 0.192. The van der Waals surface area contributed by atoms with Crippen molar-refractivity contribution in [1.29, 1.82) is 5.26 Å². The quantitative estimate of drug-likeness (QED) is 0.195. The molecule has 2 aromatic carbocycles. The molecule has 0 unspecified atom stereocenters. The number of para-hydroxylation sites is 1. The number of ether oxygens (including phenoxy) is 1. The van der Waals surface area contributed by atoms with Gasteiger partial charge in [-0.15, -0.1) is 10.2 Å². The number of nitrogens with zero attached hydrogens (tertiary/aromatic N) is 4. The lowest BCUT2D eigenvalue weighted by atomic mass is 10.1. The lowest BCUT2D eigenvalue weighted by molar-refractivity contribution is 0.0730. The standard InChI is InChI=1S/C26H20N4O4/c27-16-19(24-29-28-23-8-2-1-5-13-30(23)24)14-17-9-11-20(12-10-17)33-25(31)21-15-18-6-3-4-7-22(18)34-26(21)32/h3-4,6-7,9-12,14-15H,1-2,5,8,13H2/b19-14+. The van der Waals surface area contributed by atoms with E-state index in [2.05, 4.69) is 16.3 Å². The molecule has 0 N–H and O–H groups in total. The molecule has 5 rings (SSSR count). The van der Waals surface area contributed by atoms with Crippen molar-refractivity contribution >= 4 is 28.6 Å². The summed E-state index contributed by atoms with van der Waals surface area (Å²) in [5.41, 5.74) is 0.626. The van der Waals surface area contributed by atoms with E-state index < -0.39 is 11.6 Å². The van der Waals surface area contributed by atoms with Crippen LogP contribution in [-0.2, 0) is 13.0 Å². The van der Waals surface area contributed by atoms with Crippen LogP contribution in [0.3, 0.4) is 0 Å². The highest BCUT2D eigenvalue weighted by Gasteiger charge is 2.18. The largest absolute Gasteiger partial charge is 0.423 e. The zero-order valence-corrected chi connectivity index (χ0v) is 18.2. The first kappa shape index (κ1) is 21.3. The summed E-state index contributed by atoms with van der Waals surface area (Å²) in [6.45, 7) is 0.800. The van der Waals surface area contributed by atoms with Gasteiger partial charge in [0.2, 0.25) is 0 Å². The van der Waals surface area contributed by atoms with E-state index in [1.165, 1.54) is 6.07 Å². The lowest BCUT2D eigenvalue weighted by Crippen LogP contribution is -2.18. The van der Waals surface area contributed by atoms with E-state index in [9.17, 15) is 14.9 Å². The van der Waals surface area contributed by atoms with Crippen molar-refractivity contribution in [3.63, 3.8) is 0 Å². The lowest BCUT2D eigenvalue weighted by Gasteiger charge is -2.07. The molecular formula is C26H20N4O4. The molecule has 168 valence electrons. The summed E-state index contributed by atoms with van der Waals surface area (Å²) in [5.74, 6) is 0.947. The minimum absolute atomic E-state index is 0.179. The van der Waals surface area contributed by atoms with Gasteiger partial charge in [-0.2, -0.15) is 5.26 Å². The van der Waals surface area contributed by atoms with Crippen molar-refractivity contribution in [2.24, 2.45) is 0 Å². The second-order valence-electron chi connectivity index (χ2n) is 8.02. The molecule has 0 fully saturated rings. The molecule has 0 amide bonds. The zero-order chi connectivity index (χ0) is 23.5. The Balaban J connectivity index is 1.36. The molecular weight excluding hydrogens is 432 g/mol. The van der Waals surface area contributed by atoms with Crippen molar-refractivity contribution in [2.45, 2.75) is 32.2 Å². The van der Waals surface area contributed by atoms with Gasteiger partial charge in [0, 0.05) is 18.4 Å². The van der Waals surface area contributed by atoms with Gasteiger partial charge in [-0.3, -0.25) is 0 Å². The predicted molar refractivity (Wildman–Crippen MR) is 125 cm³/mol. The molecule has 0 radical (unpaired) electrons. The first-order valence-electron chi connectivity index (χ1n) is 11.0. The van der Waals surface area contributed by atoms with Crippen molar-refractivity contribution in [1.82, 2.24) is 14.8 Å². The van der Waals surface area contributed by atoms with Crippen LogP contribution in [0.4, 0.5) is 0 Å². The normalized spacial score (nSPS) is 13.7. The second kappa shape index (κ2) is 9.16. The smallest absolute Gasteiger partial charge is 0.351 e. The molecule has 0 atom stereocenters. The average molecular weight is 452 g/mol. The van der Waals surface area contributed by atoms with Crippen LogP contribution in [0.25, 0.3) is 22.6 Å². The van der Waals surface area contributed by atoms with E-state index in [-0.39, 0.29) is 11.3 Å². The summed E-state index contributed by atoms with van der Waals surface area (Å²) in [7, 11) is 0. The third kappa shape index (κ3) is 4.24. The highest BCUT2D eigenvalue weighted by atomic mass is 16.5. The molecule has 4 aromatic rings. The molecule has 3 heterocycles. The molecule has 1 aliphatic heterocycles. The van der Waals surface area contributed by atoms with Crippen molar-refractivity contribution < 1.29 is 13.9 Å². The number of nitriles is 1. The Morgan fingerprint density at radius 3 is 2.74 bits per heavy atom. The van der Waals surface area contributed by atoms with Crippen LogP contribution in [-0.4, -0.2) is 20.7 Å². The second-order valence-corrected chi connectivity index (χ2v) is 8.02. The van der Waals surface area contributed by atoms with Gasteiger partial charge >= 0.3 is 11.6 Å². The zero-order valence-electron chi connectivity index (χ0n) is 18.2. The Labute approximate surface area is 194 Å². The number of aromatic nitrogens is 3. The van der Waals surface area contributed by atoms with Gasteiger partial charge in [0.25, 0.3) is 0 Å². The van der Waals surface area contributed by atoms with Gasteiger partial charge in [0.05, 0.1) is 5.57 Å². The SMILES string of the molecule is N#C/C(=C\c1ccc(OC(=O)c2cc3ccccc3oc2=O)cc1)c1nnc2n1CCCCC2. The van der Waals surface area contributed by atoms with Crippen LogP contribution in [0.5, 0.6) is 5.75 Å². The van der Waals surface area contributed by atoms with Crippen LogP contribution < -0.4 is 10.4 Å². The van der Waals surface area contributed by atoms with E-state index >= 15 is 0 Å². The number of hydrogen-bond acceptors (Lipinski definition) is 7. The Morgan fingerprint density at radius 2 is 1.91 bits per heavy atom. The number of fused-ring (bicyclic) bond motifs is 2. The highest BCUT2D eigenvalue weighted by molar-refractivity contribution is 5.94. The summed E-state index contributed by atoms with van der Waals surface area (Å²) in [6.07, 6.45) is 5.83. The van der Waals surface area contributed by atoms with E-state index in [0.717, 1.165) is 43.6 Å². The van der Waals surface area contributed by atoms with Gasteiger partial charge in [-0.1, -0.05) is 36.8 Å². The number of allylic oxidation sites excluding steroid dienone is 1. The maximum atomic E-state index is 12.6. The Kier molecular flexibility index (Phi) is 5.75. The molecule has 1 aliphatic rings. The first-order chi connectivity index (χ1) is 16.6. The topological polar surface area (TPSA) is 111 Å². The number of carbonyl (C=O) groups is 1. The van der Waals surface area contributed by atoms with Crippen LogP contribution in [0.2, 0.25) is 0 Å². The molecule has 8 heteroatoms. The summed E-state index contributed by atoms with van der Waals surface area (Å²) in [6, 6.07) is 17.3. The third-order valence-corrected chi connectivity index (χ3v) is 5.73. The number of benzene rings is 2. The van der Waals surface area contributed by atoms with E-state index in [1.54, 1.807) is 54.6 Å². The van der Waals surface area contributed by atoms with E-state index in [0.29, 0.717) is 22.4 Å². The van der Waals surface area contributed by atoms with E-state index in [4.69, 9.17) is 9.15 Å². The highest BCUT2D eigenvalue weighted by Crippen LogP contribution is 2.23. The molecule has 0 saturated heterocycles. The number of hydrogen-bond donors (Lipinski definition) is 0. The molecule has 2 aromatic heterocycles. The molecule has 0 spiro atoms. The number of esters is 1. The van der Waals surface area contributed by atoms with Gasteiger partial charge in [-0.25, -0.2) is 9.59 Å². The van der Waals surface area contributed by atoms with Gasteiger partial charge in [0.15, 0.2) is 5.82 Å². The Hall–Kier alpha value is -4.51. The van der Waals surface area contributed by atoms with Gasteiger partial charge in [-0.05, 0) is 48.7 Å². The van der Waals surface area contributed by atoms with Gasteiger partial charge in [0.1, 0.15) is 28.8 Å². The minimum atomic E-state index is -0.799. The summed E-state index contributed by atoms with van der Waals surface area (Å²) in [4.78, 5) is 24.7. The molecule has 34 heavy (non-hydrogen) atoms. The molecule has 0 aliphatic carbocycles. The fourth-order valence-electron chi connectivity index (χ4n) is 4.00. The minimum Gasteiger partial charge on any atom is -0.423 e. The molecule has 0 saturated carbocycles. The van der Waals surface area contributed by atoms with Gasteiger partial charge < -0.3 is 13.7 Å². The number of rotatable bonds is 4. The fourth-order valence-corrected chi connectivity index (χ4v) is 4.00. The maximum absolute atomic E-state index is 12.6. The first-order valence-corrected chi connectivity index (χ1v) is 11.0. The Morgan fingerprint density at radius 1 is 1.09 bits per heavy atom. The predicted octanol–water partition coefficient (Wildman–Crippen LogP) is 4.39. The molecule has 0 bridgehead atoms.